The van der Waals surface area contributed by atoms with E-state index in [0.717, 1.165) is 33.2 Å². The van der Waals surface area contributed by atoms with Crippen LogP contribution in [0.2, 0.25) is 10.0 Å². The fourth-order valence-corrected chi connectivity index (χ4v) is 5.62. The van der Waals surface area contributed by atoms with Crippen LogP contribution in [0.5, 0.6) is 0 Å². The fraction of sp³-hybridized carbons (Fsp3) is 0.250. The molecule has 1 aliphatic rings. The van der Waals surface area contributed by atoms with Crippen molar-refractivity contribution in [1.29, 1.82) is 0 Å². The lowest BCUT2D eigenvalue weighted by atomic mass is 9.84. The molecule has 0 atom stereocenters. The van der Waals surface area contributed by atoms with Gasteiger partial charge in [-0.2, -0.15) is 5.10 Å². The van der Waals surface area contributed by atoms with Crippen molar-refractivity contribution in [2.45, 2.75) is 44.9 Å². The van der Waals surface area contributed by atoms with Gasteiger partial charge in [-0.25, -0.2) is 9.67 Å². The van der Waals surface area contributed by atoms with Crippen molar-refractivity contribution in [1.82, 2.24) is 9.66 Å². The summed E-state index contributed by atoms with van der Waals surface area (Å²) in [5.41, 5.74) is 5.88. The second kappa shape index (κ2) is 10.9. The maximum Gasteiger partial charge on any atom is 0.211 e. The number of pyridine rings is 1. The lowest BCUT2D eigenvalue weighted by Gasteiger charge is -2.22. The summed E-state index contributed by atoms with van der Waals surface area (Å²) in [7, 11) is 0. The van der Waals surface area contributed by atoms with E-state index in [9.17, 15) is 0 Å². The first-order valence-corrected chi connectivity index (χ1v) is 13.5. The minimum absolute atomic E-state index is 0.475. The van der Waals surface area contributed by atoms with Gasteiger partial charge in [-0.05, 0) is 61.6 Å². The van der Waals surface area contributed by atoms with E-state index in [1.165, 1.54) is 49.0 Å². The quantitative estimate of drug-likeness (QED) is 0.243. The van der Waals surface area contributed by atoms with Crippen LogP contribution in [0.25, 0.3) is 11.3 Å². The van der Waals surface area contributed by atoms with Crippen LogP contribution in [0.1, 0.15) is 56.2 Å². The van der Waals surface area contributed by atoms with Crippen molar-refractivity contribution < 1.29 is 0 Å². The van der Waals surface area contributed by atoms with Gasteiger partial charge >= 0.3 is 0 Å². The number of thiazole rings is 1. The minimum atomic E-state index is 0.475. The van der Waals surface area contributed by atoms with E-state index in [1.54, 1.807) is 18.3 Å². The van der Waals surface area contributed by atoms with Gasteiger partial charge in [-0.1, -0.05) is 72.8 Å². The van der Waals surface area contributed by atoms with Crippen LogP contribution in [0, 0.1) is 0 Å². The Morgan fingerprint density at radius 1 is 0.971 bits per heavy atom. The predicted octanol–water partition coefficient (Wildman–Crippen LogP) is 8.47. The molecule has 5 rings (SSSR count). The average molecular weight is 522 g/mol. The molecule has 0 amide bonds. The van der Waals surface area contributed by atoms with Gasteiger partial charge in [0.25, 0.3) is 0 Å². The molecule has 2 heterocycles. The van der Waals surface area contributed by atoms with Crippen molar-refractivity contribution >= 4 is 45.9 Å². The molecule has 4 nitrogen and oxygen atoms in total. The third kappa shape index (κ3) is 5.58. The average Bonchev–Trinajstić information content (AvgIpc) is 3.29. The van der Waals surface area contributed by atoms with E-state index in [-0.39, 0.29) is 0 Å². The fourth-order valence-electron chi connectivity index (χ4n) is 4.48. The van der Waals surface area contributed by atoms with Gasteiger partial charge in [0.2, 0.25) is 4.80 Å². The summed E-state index contributed by atoms with van der Waals surface area (Å²) in [5, 5.41) is 8.02. The molecule has 0 spiro atoms. The van der Waals surface area contributed by atoms with Gasteiger partial charge in [0.15, 0.2) is 0 Å². The lowest BCUT2D eigenvalue weighted by Crippen LogP contribution is -2.14. The van der Waals surface area contributed by atoms with Gasteiger partial charge < -0.3 is 0 Å². The zero-order valence-electron chi connectivity index (χ0n) is 19.5. The molecular formula is C28H26Cl2N4S. The topological polar surface area (TPSA) is 42.5 Å². The molecule has 0 radical (unpaired) electrons. The van der Waals surface area contributed by atoms with Gasteiger partial charge in [-0.3, -0.25) is 4.98 Å². The highest BCUT2D eigenvalue weighted by atomic mass is 35.5. The Labute approximate surface area is 219 Å². The zero-order chi connectivity index (χ0) is 24.2. The highest BCUT2D eigenvalue weighted by Gasteiger charge is 2.16. The van der Waals surface area contributed by atoms with Crippen molar-refractivity contribution in [2.24, 2.45) is 10.1 Å². The summed E-state index contributed by atoms with van der Waals surface area (Å²) >= 11 is 13.9. The molecule has 35 heavy (non-hydrogen) atoms. The second-order valence-electron chi connectivity index (χ2n) is 8.78. The van der Waals surface area contributed by atoms with Crippen LogP contribution < -0.4 is 4.80 Å². The van der Waals surface area contributed by atoms with Crippen molar-refractivity contribution in [3.63, 3.8) is 0 Å². The normalized spacial score (nSPS) is 15.5. The predicted molar refractivity (Wildman–Crippen MR) is 147 cm³/mol. The lowest BCUT2D eigenvalue weighted by molar-refractivity contribution is 0.443. The Morgan fingerprint density at radius 3 is 2.49 bits per heavy atom. The van der Waals surface area contributed by atoms with Gasteiger partial charge in [-0.15, -0.1) is 11.3 Å². The summed E-state index contributed by atoms with van der Waals surface area (Å²) in [4.78, 5) is 10.0. The maximum atomic E-state index is 6.23. The largest absolute Gasteiger partial charge is 0.255 e. The molecule has 0 bridgehead atoms. The van der Waals surface area contributed by atoms with Crippen LogP contribution >= 0.6 is 34.5 Å². The molecule has 0 N–H and O–H groups in total. The van der Waals surface area contributed by atoms with E-state index in [2.05, 4.69) is 34.6 Å². The van der Waals surface area contributed by atoms with Crippen molar-refractivity contribution in [3.05, 3.63) is 98.3 Å². The molecule has 0 unspecified atom stereocenters. The summed E-state index contributed by atoms with van der Waals surface area (Å²) in [6.07, 6.45) is 8.38. The van der Waals surface area contributed by atoms with Crippen LogP contribution in [0.3, 0.4) is 0 Å². The monoisotopic (exact) mass is 520 g/mol. The molecule has 1 aliphatic carbocycles. The summed E-state index contributed by atoms with van der Waals surface area (Å²) in [6, 6.07) is 20.2. The molecule has 4 aromatic rings. The molecule has 1 saturated carbocycles. The molecule has 178 valence electrons. The second-order valence-corrected chi connectivity index (χ2v) is 10.4. The number of aromatic nitrogens is 2. The number of halogens is 2. The summed E-state index contributed by atoms with van der Waals surface area (Å²) in [6.45, 7) is 1.96. The summed E-state index contributed by atoms with van der Waals surface area (Å²) < 4.78 is 1.90. The zero-order valence-corrected chi connectivity index (χ0v) is 21.8. The van der Waals surface area contributed by atoms with Crippen LogP contribution in [0.4, 0.5) is 5.69 Å². The maximum absolute atomic E-state index is 6.23. The molecule has 0 aliphatic heterocycles. The van der Waals surface area contributed by atoms with E-state index in [1.807, 2.05) is 35.9 Å². The molecule has 2 aromatic heterocycles. The molecule has 2 aromatic carbocycles. The minimum Gasteiger partial charge on any atom is -0.255 e. The number of nitrogens with zero attached hydrogens (tertiary/aromatic N) is 4. The highest BCUT2D eigenvalue weighted by Crippen LogP contribution is 2.34. The number of benzene rings is 2. The first-order chi connectivity index (χ1) is 17.1. The third-order valence-electron chi connectivity index (χ3n) is 6.38. The smallest absolute Gasteiger partial charge is 0.211 e. The van der Waals surface area contributed by atoms with Crippen LogP contribution in [0.15, 0.2) is 82.3 Å². The van der Waals surface area contributed by atoms with Crippen LogP contribution in [-0.2, 0) is 0 Å². The third-order valence-corrected chi connectivity index (χ3v) is 7.94. The Hall–Kier alpha value is -2.73. The number of rotatable bonds is 5. The molecule has 7 heteroatoms. The molecular weight excluding hydrogens is 495 g/mol. The van der Waals surface area contributed by atoms with Gasteiger partial charge in [0.05, 0.1) is 32.8 Å². The van der Waals surface area contributed by atoms with Gasteiger partial charge in [0.1, 0.15) is 0 Å². The van der Waals surface area contributed by atoms with Crippen molar-refractivity contribution in [2.75, 3.05) is 0 Å². The number of hydrogen-bond acceptors (Lipinski definition) is 4. The van der Waals surface area contributed by atoms with Crippen molar-refractivity contribution in [3.8, 4) is 11.3 Å². The Morgan fingerprint density at radius 2 is 1.77 bits per heavy atom. The van der Waals surface area contributed by atoms with Gasteiger partial charge in [0, 0.05) is 17.1 Å². The van der Waals surface area contributed by atoms with E-state index < -0.39 is 0 Å². The number of hydrogen-bond donors (Lipinski definition) is 0. The first kappa shape index (κ1) is 24.0. The highest BCUT2D eigenvalue weighted by molar-refractivity contribution is 7.07. The van der Waals surface area contributed by atoms with Crippen LogP contribution in [-0.4, -0.2) is 15.4 Å². The first-order valence-electron chi connectivity index (χ1n) is 11.9. The standard InChI is InChI=1S/C28H26Cl2N4S/c1-19(26-9-5-6-16-31-26)33-34-27(18-35-28(34)32-23-14-15-24(29)25(30)17-23)22-12-10-21(11-13-22)20-7-3-2-4-8-20/h5-6,9-18,20H,2-4,7-8H2,1H3. The Balaban J connectivity index is 1.58. The Bertz CT molecular complexity index is 1400. The molecule has 0 saturated heterocycles. The SMILES string of the molecule is CC(=Nn1c(-c2ccc(C3CCCCC3)cc2)csc1=Nc1ccc(Cl)c(Cl)c1)c1ccccn1. The summed E-state index contributed by atoms with van der Waals surface area (Å²) in [5.74, 6) is 0.678. The van der Waals surface area contributed by atoms with E-state index in [0.29, 0.717) is 16.0 Å². The van der Waals surface area contributed by atoms with E-state index in [4.69, 9.17) is 33.3 Å². The molecule has 1 fully saturated rings. The Kier molecular flexibility index (Phi) is 7.47. The van der Waals surface area contributed by atoms with E-state index >= 15 is 0 Å².